The molecule has 2 nitrogen and oxygen atoms in total. The van der Waals surface area contributed by atoms with Crippen molar-refractivity contribution >= 4 is 17.6 Å². The van der Waals surface area contributed by atoms with Crippen molar-refractivity contribution in [2.45, 2.75) is 24.6 Å². The third-order valence-corrected chi connectivity index (χ3v) is 2.50. The first kappa shape index (κ1) is 17.5. The SMILES string of the molecule is O=C(OCc1cccc(Cl)c1)C(F)(F)C(F)(F)C(F)(F)F. The van der Waals surface area contributed by atoms with Gasteiger partial charge in [-0.15, -0.1) is 0 Å². The molecule has 0 saturated carbocycles. The summed E-state index contributed by atoms with van der Waals surface area (Å²) in [6, 6.07) is 5.14. The van der Waals surface area contributed by atoms with E-state index in [1.807, 2.05) is 0 Å². The molecule has 0 unspecified atom stereocenters. The van der Waals surface area contributed by atoms with E-state index in [0.717, 1.165) is 6.07 Å². The number of alkyl halides is 7. The number of halogens is 8. The number of carbonyl (C=O) groups excluding carboxylic acids is 1. The quantitative estimate of drug-likeness (QED) is 0.607. The fourth-order valence-electron chi connectivity index (χ4n) is 1.17. The highest BCUT2D eigenvalue weighted by Gasteiger charge is 2.77. The van der Waals surface area contributed by atoms with Gasteiger partial charge in [-0.25, -0.2) is 4.79 Å². The Kier molecular flexibility index (Phi) is 4.76. The summed E-state index contributed by atoms with van der Waals surface area (Å²) in [7, 11) is 0. The van der Waals surface area contributed by atoms with E-state index in [9.17, 15) is 35.5 Å². The van der Waals surface area contributed by atoms with Crippen LogP contribution in [0.1, 0.15) is 5.56 Å². The van der Waals surface area contributed by atoms with Gasteiger partial charge in [0.05, 0.1) is 0 Å². The molecular formula is C11H6ClF7O2. The van der Waals surface area contributed by atoms with Crippen LogP contribution in [0.25, 0.3) is 0 Å². The average Bonchev–Trinajstić information content (AvgIpc) is 2.34. The highest BCUT2D eigenvalue weighted by molar-refractivity contribution is 6.30. The van der Waals surface area contributed by atoms with Gasteiger partial charge in [0.15, 0.2) is 0 Å². The van der Waals surface area contributed by atoms with Crippen molar-refractivity contribution in [1.82, 2.24) is 0 Å². The summed E-state index contributed by atoms with van der Waals surface area (Å²) in [5.74, 6) is -15.6. The lowest BCUT2D eigenvalue weighted by Gasteiger charge is -2.26. The molecule has 0 aromatic heterocycles. The van der Waals surface area contributed by atoms with Gasteiger partial charge in [0.25, 0.3) is 0 Å². The van der Waals surface area contributed by atoms with Gasteiger partial charge in [-0.05, 0) is 17.7 Å². The van der Waals surface area contributed by atoms with Gasteiger partial charge in [0.2, 0.25) is 0 Å². The monoisotopic (exact) mass is 338 g/mol. The number of rotatable bonds is 4. The van der Waals surface area contributed by atoms with Gasteiger partial charge in [0.1, 0.15) is 6.61 Å². The summed E-state index contributed by atoms with van der Waals surface area (Å²) in [5.41, 5.74) is 0.0435. The zero-order valence-electron chi connectivity index (χ0n) is 9.86. The van der Waals surface area contributed by atoms with Crippen LogP contribution < -0.4 is 0 Å². The van der Waals surface area contributed by atoms with Gasteiger partial charge in [-0.1, -0.05) is 23.7 Å². The lowest BCUT2D eigenvalue weighted by Crippen LogP contribution is -2.56. The van der Waals surface area contributed by atoms with Crippen molar-refractivity contribution in [3.8, 4) is 0 Å². The van der Waals surface area contributed by atoms with E-state index in [2.05, 4.69) is 4.74 Å². The largest absolute Gasteiger partial charge is 0.460 e. The molecule has 0 atom stereocenters. The topological polar surface area (TPSA) is 26.3 Å². The van der Waals surface area contributed by atoms with Crippen LogP contribution in [0.3, 0.4) is 0 Å². The van der Waals surface area contributed by atoms with Crippen molar-refractivity contribution in [2.24, 2.45) is 0 Å². The molecule has 21 heavy (non-hydrogen) atoms. The Morgan fingerprint density at radius 3 is 2.14 bits per heavy atom. The Morgan fingerprint density at radius 1 is 1.10 bits per heavy atom. The number of carbonyl (C=O) groups is 1. The molecule has 0 aliphatic heterocycles. The summed E-state index contributed by atoms with van der Waals surface area (Å²) >= 11 is 5.53. The normalized spacial score (nSPS) is 13.1. The third-order valence-electron chi connectivity index (χ3n) is 2.27. The van der Waals surface area contributed by atoms with Crippen LogP contribution >= 0.6 is 11.6 Å². The number of hydrogen-bond donors (Lipinski definition) is 0. The zero-order chi connectivity index (χ0) is 16.5. The van der Waals surface area contributed by atoms with E-state index in [-0.39, 0.29) is 10.6 Å². The van der Waals surface area contributed by atoms with E-state index in [4.69, 9.17) is 11.6 Å². The summed E-state index contributed by atoms with van der Waals surface area (Å²) in [6.07, 6.45) is -6.59. The highest BCUT2D eigenvalue weighted by Crippen LogP contribution is 2.47. The zero-order valence-corrected chi connectivity index (χ0v) is 10.6. The van der Waals surface area contributed by atoms with Crippen LogP contribution in [0.5, 0.6) is 0 Å². The molecule has 0 amide bonds. The third kappa shape index (κ3) is 3.58. The molecular weight excluding hydrogens is 333 g/mol. The molecule has 0 bridgehead atoms. The number of hydrogen-bond acceptors (Lipinski definition) is 2. The van der Waals surface area contributed by atoms with E-state index >= 15 is 0 Å². The fraction of sp³-hybridized carbons (Fsp3) is 0.364. The molecule has 0 heterocycles. The molecule has 0 N–H and O–H groups in total. The lowest BCUT2D eigenvalue weighted by molar-refractivity contribution is -0.348. The molecule has 0 saturated heterocycles. The second-order valence-electron chi connectivity index (χ2n) is 3.85. The molecule has 0 aliphatic carbocycles. The van der Waals surface area contributed by atoms with Crippen LogP contribution in [0.15, 0.2) is 24.3 Å². The van der Waals surface area contributed by atoms with Crippen molar-refractivity contribution in [1.29, 1.82) is 0 Å². The molecule has 1 rings (SSSR count). The molecule has 0 aliphatic rings. The van der Waals surface area contributed by atoms with Crippen LogP contribution in [0, 0.1) is 0 Å². The Bertz CT molecular complexity index is 528. The minimum Gasteiger partial charge on any atom is -0.456 e. The maximum Gasteiger partial charge on any atom is 0.460 e. The van der Waals surface area contributed by atoms with Gasteiger partial charge in [-0.2, -0.15) is 30.7 Å². The Morgan fingerprint density at radius 2 is 1.67 bits per heavy atom. The summed E-state index contributed by atoms with van der Waals surface area (Å²) in [5, 5.41) is 0.135. The first-order chi connectivity index (χ1) is 9.39. The number of benzene rings is 1. The minimum absolute atomic E-state index is 0.0435. The average molecular weight is 339 g/mol. The maximum atomic E-state index is 12.9. The lowest BCUT2D eigenvalue weighted by atomic mass is 10.1. The molecule has 0 fully saturated rings. The Labute approximate surface area is 118 Å². The van der Waals surface area contributed by atoms with Crippen LogP contribution in [-0.2, 0) is 16.1 Å². The van der Waals surface area contributed by atoms with E-state index in [0.29, 0.717) is 0 Å². The summed E-state index contributed by atoms with van der Waals surface area (Å²) < 4.78 is 90.3. The predicted octanol–water partition coefficient (Wildman–Crippen LogP) is 4.22. The minimum atomic E-state index is -6.59. The maximum absolute atomic E-state index is 12.9. The van der Waals surface area contributed by atoms with Crippen molar-refractivity contribution < 1.29 is 40.3 Å². The van der Waals surface area contributed by atoms with Crippen LogP contribution in [0.2, 0.25) is 5.02 Å². The molecule has 0 radical (unpaired) electrons. The predicted molar refractivity (Wildman–Crippen MR) is 57.2 cm³/mol. The first-order valence-electron chi connectivity index (χ1n) is 5.13. The van der Waals surface area contributed by atoms with Crippen molar-refractivity contribution in [3.05, 3.63) is 34.9 Å². The molecule has 1 aromatic carbocycles. The van der Waals surface area contributed by atoms with Crippen molar-refractivity contribution in [2.75, 3.05) is 0 Å². The second kappa shape index (κ2) is 5.70. The second-order valence-corrected chi connectivity index (χ2v) is 4.29. The van der Waals surface area contributed by atoms with Crippen LogP contribution in [-0.4, -0.2) is 24.0 Å². The molecule has 118 valence electrons. The van der Waals surface area contributed by atoms with E-state index in [1.165, 1.54) is 18.2 Å². The van der Waals surface area contributed by atoms with E-state index < -0.39 is 30.6 Å². The number of ether oxygens (including phenoxy) is 1. The highest BCUT2D eigenvalue weighted by atomic mass is 35.5. The van der Waals surface area contributed by atoms with Gasteiger partial charge < -0.3 is 4.74 Å². The number of esters is 1. The standard InChI is InChI=1S/C11H6ClF7O2/c12-7-3-1-2-6(4-7)5-21-8(20)9(13,14)10(15,16)11(17,18)19/h1-4H,5H2. The van der Waals surface area contributed by atoms with E-state index in [1.54, 1.807) is 0 Å². The smallest absolute Gasteiger partial charge is 0.456 e. The Balaban J connectivity index is 2.83. The van der Waals surface area contributed by atoms with Gasteiger partial charge in [0, 0.05) is 5.02 Å². The Hall–Kier alpha value is -1.51. The molecule has 1 aromatic rings. The first-order valence-corrected chi connectivity index (χ1v) is 5.51. The van der Waals surface area contributed by atoms with Crippen LogP contribution in [0.4, 0.5) is 30.7 Å². The molecule has 0 spiro atoms. The van der Waals surface area contributed by atoms with Gasteiger partial charge >= 0.3 is 24.0 Å². The van der Waals surface area contributed by atoms with Gasteiger partial charge in [-0.3, -0.25) is 0 Å². The summed E-state index contributed by atoms with van der Waals surface area (Å²) in [4.78, 5) is 10.8. The molecule has 10 heteroatoms. The fourth-order valence-corrected chi connectivity index (χ4v) is 1.39. The summed E-state index contributed by atoms with van der Waals surface area (Å²) in [6.45, 7) is -0.928. The van der Waals surface area contributed by atoms with Crippen molar-refractivity contribution in [3.63, 3.8) is 0 Å².